The Hall–Kier alpha value is -3.59. The number of fused-ring (bicyclic) bond motifs is 3. The predicted molar refractivity (Wildman–Crippen MR) is 106 cm³/mol. The molecule has 1 nitrogen and oxygen atoms in total. The normalized spacial score (nSPS) is 12.0. The summed E-state index contributed by atoms with van der Waals surface area (Å²) >= 11 is 0. The van der Waals surface area contributed by atoms with E-state index in [1.54, 1.807) is 24.3 Å². The van der Waals surface area contributed by atoms with Gasteiger partial charge in [-0.25, -0.2) is 8.78 Å². The number of rotatable bonds is 2. The van der Waals surface area contributed by atoms with Gasteiger partial charge in [0.2, 0.25) is 0 Å². The van der Waals surface area contributed by atoms with Gasteiger partial charge in [-0.05, 0) is 69.8 Å². The molecule has 1 aliphatic rings. The van der Waals surface area contributed by atoms with Gasteiger partial charge in [0, 0.05) is 11.1 Å². The smallest absolute Gasteiger partial charge is 0.194 e. The molecule has 0 radical (unpaired) electrons. The Balaban J connectivity index is 1.80. The standard InChI is InChI=1S/C25H14F2O/c26-17-9-5-15(6-10-17)21-13-23-19-3-1-2-4-20(19)25(28)24(23)14-22(21)16-7-11-18(27)12-8-16/h1-14H. The third kappa shape index (κ3) is 2.55. The quantitative estimate of drug-likeness (QED) is 0.347. The third-order valence-electron chi connectivity index (χ3n) is 5.17. The van der Waals surface area contributed by atoms with Crippen molar-refractivity contribution >= 4 is 5.78 Å². The monoisotopic (exact) mass is 368 g/mol. The maximum Gasteiger partial charge on any atom is 0.194 e. The Morgan fingerprint density at radius 2 is 0.929 bits per heavy atom. The van der Waals surface area contributed by atoms with Crippen LogP contribution in [0.25, 0.3) is 33.4 Å². The van der Waals surface area contributed by atoms with Crippen molar-refractivity contribution in [2.24, 2.45) is 0 Å². The molecule has 4 aromatic rings. The van der Waals surface area contributed by atoms with Gasteiger partial charge in [0.05, 0.1) is 0 Å². The molecule has 5 rings (SSSR count). The average Bonchev–Trinajstić information content (AvgIpc) is 3.00. The van der Waals surface area contributed by atoms with Crippen molar-refractivity contribution < 1.29 is 13.6 Å². The first-order chi connectivity index (χ1) is 13.6. The summed E-state index contributed by atoms with van der Waals surface area (Å²) in [6.45, 7) is 0. The molecule has 0 unspecified atom stereocenters. The Kier molecular flexibility index (Phi) is 3.69. The van der Waals surface area contributed by atoms with E-state index in [4.69, 9.17) is 0 Å². The lowest BCUT2D eigenvalue weighted by Crippen LogP contribution is -1.96. The van der Waals surface area contributed by atoms with Crippen molar-refractivity contribution in [2.75, 3.05) is 0 Å². The summed E-state index contributed by atoms with van der Waals surface area (Å²) in [7, 11) is 0. The average molecular weight is 368 g/mol. The molecule has 4 aromatic carbocycles. The molecule has 0 aromatic heterocycles. The maximum atomic E-state index is 13.5. The van der Waals surface area contributed by atoms with Crippen LogP contribution >= 0.6 is 0 Å². The van der Waals surface area contributed by atoms with E-state index in [-0.39, 0.29) is 17.4 Å². The zero-order valence-corrected chi connectivity index (χ0v) is 14.7. The highest BCUT2D eigenvalue weighted by Gasteiger charge is 2.28. The summed E-state index contributed by atoms with van der Waals surface area (Å²) in [5.41, 5.74) is 6.39. The van der Waals surface area contributed by atoms with E-state index in [2.05, 4.69) is 0 Å². The van der Waals surface area contributed by atoms with Gasteiger partial charge in [-0.3, -0.25) is 4.79 Å². The Morgan fingerprint density at radius 3 is 1.46 bits per heavy atom. The van der Waals surface area contributed by atoms with Crippen LogP contribution in [0.3, 0.4) is 0 Å². The summed E-state index contributed by atoms with van der Waals surface area (Å²) in [6.07, 6.45) is 0. The molecular weight excluding hydrogens is 354 g/mol. The van der Waals surface area contributed by atoms with Gasteiger partial charge in [0.1, 0.15) is 11.6 Å². The van der Waals surface area contributed by atoms with E-state index in [0.717, 1.165) is 33.4 Å². The Morgan fingerprint density at radius 1 is 0.464 bits per heavy atom. The van der Waals surface area contributed by atoms with Crippen molar-refractivity contribution in [2.45, 2.75) is 0 Å². The summed E-state index contributed by atoms with van der Waals surface area (Å²) in [4.78, 5) is 12.9. The van der Waals surface area contributed by atoms with E-state index in [1.807, 2.05) is 36.4 Å². The van der Waals surface area contributed by atoms with Crippen LogP contribution in [0.5, 0.6) is 0 Å². The van der Waals surface area contributed by atoms with Gasteiger partial charge >= 0.3 is 0 Å². The highest BCUT2D eigenvalue weighted by molar-refractivity contribution is 6.22. The van der Waals surface area contributed by atoms with E-state index in [1.165, 1.54) is 24.3 Å². The van der Waals surface area contributed by atoms with Gasteiger partial charge in [-0.15, -0.1) is 0 Å². The second-order valence-corrected chi connectivity index (χ2v) is 6.83. The first kappa shape index (κ1) is 16.6. The summed E-state index contributed by atoms with van der Waals surface area (Å²) < 4.78 is 26.9. The van der Waals surface area contributed by atoms with Crippen LogP contribution in [-0.4, -0.2) is 5.78 Å². The highest BCUT2D eigenvalue weighted by Crippen LogP contribution is 2.43. The van der Waals surface area contributed by atoms with Gasteiger partial charge < -0.3 is 0 Å². The molecular formula is C25H14F2O. The molecule has 0 fully saturated rings. The second kappa shape index (κ2) is 6.24. The second-order valence-electron chi connectivity index (χ2n) is 6.83. The van der Waals surface area contributed by atoms with Crippen molar-refractivity contribution in [3.05, 3.63) is 108 Å². The number of hydrogen-bond donors (Lipinski definition) is 0. The van der Waals surface area contributed by atoms with E-state index in [0.29, 0.717) is 11.1 Å². The van der Waals surface area contributed by atoms with Gasteiger partial charge in [-0.1, -0.05) is 48.5 Å². The number of benzene rings is 4. The molecule has 134 valence electrons. The van der Waals surface area contributed by atoms with Crippen LogP contribution in [0.1, 0.15) is 15.9 Å². The van der Waals surface area contributed by atoms with Crippen LogP contribution in [0.2, 0.25) is 0 Å². The van der Waals surface area contributed by atoms with Crippen LogP contribution in [0.4, 0.5) is 8.78 Å². The molecule has 0 N–H and O–H groups in total. The molecule has 0 bridgehead atoms. The van der Waals surface area contributed by atoms with Gasteiger partial charge in [0.15, 0.2) is 5.78 Å². The molecule has 0 aliphatic heterocycles. The molecule has 1 aliphatic carbocycles. The van der Waals surface area contributed by atoms with Crippen LogP contribution < -0.4 is 0 Å². The number of carbonyl (C=O) groups excluding carboxylic acids is 1. The Bertz CT molecular complexity index is 1220. The first-order valence-corrected chi connectivity index (χ1v) is 8.96. The van der Waals surface area contributed by atoms with E-state index < -0.39 is 0 Å². The fraction of sp³-hybridized carbons (Fsp3) is 0. The molecule has 28 heavy (non-hydrogen) atoms. The first-order valence-electron chi connectivity index (χ1n) is 8.96. The van der Waals surface area contributed by atoms with Crippen molar-refractivity contribution in [1.29, 1.82) is 0 Å². The molecule has 0 saturated carbocycles. The molecule has 0 atom stereocenters. The molecule has 0 saturated heterocycles. The minimum atomic E-state index is -0.322. The Labute approximate surface area is 160 Å². The SMILES string of the molecule is O=C1c2ccccc2-c2cc(-c3ccc(F)cc3)c(-c3ccc(F)cc3)cc21. The molecule has 0 amide bonds. The molecule has 3 heteroatoms. The largest absolute Gasteiger partial charge is 0.289 e. The topological polar surface area (TPSA) is 17.1 Å². The fourth-order valence-corrected chi connectivity index (χ4v) is 3.81. The fourth-order valence-electron chi connectivity index (χ4n) is 3.81. The number of halogens is 2. The molecule has 0 heterocycles. The van der Waals surface area contributed by atoms with E-state index >= 15 is 0 Å². The third-order valence-corrected chi connectivity index (χ3v) is 5.17. The minimum Gasteiger partial charge on any atom is -0.289 e. The van der Waals surface area contributed by atoms with Gasteiger partial charge in [0.25, 0.3) is 0 Å². The molecule has 0 spiro atoms. The van der Waals surface area contributed by atoms with Crippen molar-refractivity contribution in [3.63, 3.8) is 0 Å². The van der Waals surface area contributed by atoms with Crippen molar-refractivity contribution in [3.8, 4) is 33.4 Å². The van der Waals surface area contributed by atoms with Gasteiger partial charge in [-0.2, -0.15) is 0 Å². The van der Waals surface area contributed by atoms with Crippen LogP contribution in [0.15, 0.2) is 84.9 Å². The minimum absolute atomic E-state index is 0.0142. The van der Waals surface area contributed by atoms with Crippen LogP contribution in [-0.2, 0) is 0 Å². The predicted octanol–water partition coefficient (Wildman–Crippen LogP) is 6.51. The van der Waals surface area contributed by atoms with E-state index in [9.17, 15) is 13.6 Å². The summed E-state index contributed by atoms with van der Waals surface area (Å²) in [5.74, 6) is -0.648. The highest BCUT2D eigenvalue weighted by atomic mass is 19.1. The summed E-state index contributed by atoms with van der Waals surface area (Å²) in [5, 5.41) is 0. The van der Waals surface area contributed by atoms with Crippen molar-refractivity contribution in [1.82, 2.24) is 0 Å². The number of carbonyl (C=O) groups is 1. The zero-order valence-electron chi connectivity index (χ0n) is 14.7. The lowest BCUT2D eigenvalue weighted by Gasteiger charge is -2.14. The lowest BCUT2D eigenvalue weighted by atomic mass is 9.90. The number of hydrogen-bond acceptors (Lipinski definition) is 1. The maximum absolute atomic E-state index is 13.5. The zero-order chi connectivity index (χ0) is 19.3. The lowest BCUT2D eigenvalue weighted by molar-refractivity contribution is 0.104. The van der Waals surface area contributed by atoms with Crippen LogP contribution in [0, 0.1) is 11.6 Å². The summed E-state index contributed by atoms with van der Waals surface area (Å²) in [6, 6.07) is 23.8. The number of ketones is 1.